The summed E-state index contributed by atoms with van der Waals surface area (Å²) in [6.07, 6.45) is -0.807. The molecule has 2 N–H and O–H groups in total. The summed E-state index contributed by atoms with van der Waals surface area (Å²) in [5, 5.41) is 11.8. The van der Waals surface area contributed by atoms with Crippen LogP contribution in [0.3, 0.4) is 0 Å². The molecule has 0 aromatic rings. The molecular formula is C11H22ClNO5. The Morgan fingerprint density at radius 2 is 1.94 bits per heavy atom. The Bertz CT molecular complexity index is 266. The summed E-state index contributed by atoms with van der Waals surface area (Å²) < 4.78 is 22.5. The van der Waals surface area contributed by atoms with Crippen molar-refractivity contribution in [2.45, 2.75) is 44.2 Å². The summed E-state index contributed by atoms with van der Waals surface area (Å²) in [5.74, 6) is -0.592. The number of aliphatic hydroxyl groups excluding tert-OH is 1. The third kappa shape index (κ3) is 3.33. The van der Waals surface area contributed by atoms with Crippen molar-refractivity contribution in [2.24, 2.45) is 0 Å². The maximum atomic E-state index is 8.72. The van der Waals surface area contributed by atoms with Crippen LogP contribution in [0.25, 0.3) is 0 Å². The molecule has 18 heavy (non-hydrogen) atoms. The number of halogens is 1. The second-order valence-electron chi connectivity index (χ2n) is 4.77. The first-order chi connectivity index (χ1) is 8.07. The number of fused-ring (bicyclic) bond motifs is 1. The van der Waals surface area contributed by atoms with E-state index >= 15 is 0 Å². The van der Waals surface area contributed by atoms with Crippen LogP contribution in [0.2, 0.25) is 0 Å². The average molecular weight is 284 g/mol. The van der Waals surface area contributed by atoms with Crippen molar-refractivity contribution in [1.29, 1.82) is 0 Å². The lowest BCUT2D eigenvalue weighted by atomic mass is 10.1. The first kappa shape index (κ1) is 16.1. The lowest BCUT2D eigenvalue weighted by Gasteiger charge is -2.23. The molecule has 2 aliphatic rings. The van der Waals surface area contributed by atoms with Gasteiger partial charge in [0.25, 0.3) is 0 Å². The summed E-state index contributed by atoms with van der Waals surface area (Å²) in [4.78, 5) is 0. The highest BCUT2D eigenvalue weighted by atomic mass is 35.5. The van der Waals surface area contributed by atoms with E-state index in [9.17, 15) is 0 Å². The van der Waals surface area contributed by atoms with Crippen LogP contribution in [0.1, 0.15) is 13.8 Å². The molecule has 108 valence electrons. The largest absolute Gasteiger partial charge is 0.395 e. The number of rotatable bonds is 5. The van der Waals surface area contributed by atoms with Crippen LogP contribution >= 0.6 is 12.4 Å². The van der Waals surface area contributed by atoms with Crippen molar-refractivity contribution in [2.75, 3.05) is 26.8 Å². The Hall–Kier alpha value is 0.0500. The van der Waals surface area contributed by atoms with Crippen LogP contribution < -0.4 is 5.32 Å². The molecule has 2 rings (SSSR count). The second-order valence-corrected chi connectivity index (χ2v) is 4.77. The van der Waals surface area contributed by atoms with E-state index in [0.717, 1.165) is 0 Å². The first-order valence-electron chi connectivity index (χ1n) is 5.93. The maximum absolute atomic E-state index is 8.72. The molecule has 2 heterocycles. The summed E-state index contributed by atoms with van der Waals surface area (Å²) in [7, 11) is 1.60. The third-order valence-electron chi connectivity index (χ3n) is 2.97. The minimum Gasteiger partial charge on any atom is -0.395 e. The molecule has 4 atom stereocenters. The van der Waals surface area contributed by atoms with E-state index in [-0.39, 0.29) is 43.6 Å². The Labute approximate surface area is 113 Å². The van der Waals surface area contributed by atoms with Gasteiger partial charge in [-0.1, -0.05) is 0 Å². The Morgan fingerprint density at radius 1 is 1.28 bits per heavy atom. The fourth-order valence-corrected chi connectivity index (χ4v) is 2.32. The van der Waals surface area contributed by atoms with E-state index in [1.807, 2.05) is 13.8 Å². The summed E-state index contributed by atoms with van der Waals surface area (Å²) in [6, 6.07) is 0. The highest BCUT2D eigenvalue weighted by molar-refractivity contribution is 5.85. The number of nitrogens with one attached hydrogen (secondary N) is 1. The predicted octanol–water partition coefficient (Wildman–Crippen LogP) is -0.118. The zero-order valence-electron chi connectivity index (χ0n) is 10.9. The average Bonchev–Trinajstić information content (AvgIpc) is 2.73. The van der Waals surface area contributed by atoms with Crippen molar-refractivity contribution in [3.05, 3.63) is 0 Å². The highest BCUT2D eigenvalue weighted by Gasteiger charge is 2.55. The van der Waals surface area contributed by atoms with Crippen LogP contribution in [-0.4, -0.2) is 62.3 Å². The van der Waals surface area contributed by atoms with Crippen molar-refractivity contribution in [1.82, 2.24) is 5.32 Å². The van der Waals surface area contributed by atoms with Crippen LogP contribution in [0.5, 0.6) is 0 Å². The van der Waals surface area contributed by atoms with Crippen LogP contribution in [-0.2, 0) is 18.9 Å². The number of aliphatic hydroxyl groups is 1. The van der Waals surface area contributed by atoms with E-state index in [1.54, 1.807) is 7.11 Å². The van der Waals surface area contributed by atoms with Gasteiger partial charge in [0.1, 0.15) is 18.3 Å². The van der Waals surface area contributed by atoms with Crippen molar-refractivity contribution in [3.63, 3.8) is 0 Å². The van der Waals surface area contributed by atoms with Gasteiger partial charge in [-0.3, -0.25) is 0 Å². The second kappa shape index (κ2) is 6.47. The van der Waals surface area contributed by atoms with E-state index in [1.165, 1.54) is 0 Å². The smallest absolute Gasteiger partial charge is 0.186 e. The number of hydrogen-bond acceptors (Lipinski definition) is 6. The molecule has 0 saturated carbocycles. The standard InChI is InChI=1S/C11H21NO5.ClH/c1-11(2)16-8-7(6-12-4-5-13)15-10(14-3)9(8)17-11;/h7-10,12-13H,4-6H2,1-3H3;1H/t7-,8-,9-,10-;/m1./s1. The fourth-order valence-electron chi connectivity index (χ4n) is 2.32. The van der Waals surface area contributed by atoms with Crippen LogP contribution in [0, 0.1) is 0 Å². The fraction of sp³-hybridized carbons (Fsp3) is 1.00. The quantitative estimate of drug-likeness (QED) is 0.686. The molecule has 0 amide bonds. The lowest BCUT2D eigenvalue weighted by Crippen LogP contribution is -2.38. The Morgan fingerprint density at radius 3 is 2.56 bits per heavy atom. The molecule has 0 spiro atoms. The molecule has 2 saturated heterocycles. The number of methoxy groups -OCH3 is 1. The van der Waals surface area contributed by atoms with Gasteiger partial charge in [-0.15, -0.1) is 12.4 Å². The molecule has 2 aliphatic heterocycles. The maximum Gasteiger partial charge on any atom is 0.186 e. The van der Waals surface area contributed by atoms with Gasteiger partial charge >= 0.3 is 0 Å². The lowest BCUT2D eigenvalue weighted by molar-refractivity contribution is -0.226. The zero-order chi connectivity index (χ0) is 12.5. The summed E-state index contributed by atoms with van der Waals surface area (Å²) >= 11 is 0. The Balaban J connectivity index is 0.00000162. The molecule has 7 heteroatoms. The van der Waals surface area contributed by atoms with Gasteiger partial charge in [0.2, 0.25) is 0 Å². The topological polar surface area (TPSA) is 69.2 Å². The molecule has 0 aromatic carbocycles. The van der Waals surface area contributed by atoms with Crippen LogP contribution in [0.15, 0.2) is 0 Å². The van der Waals surface area contributed by atoms with Gasteiger partial charge in [0.05, 0.1) is 6.61 Å². The predicted molar refractivity (Wildman–Crippen MR) is 66.7 cm³/mol. The van der Waals surface area contributed by atoms with Crippen molar-refractivity contribution in [3.8, 4) is 0 Å². The van der Waals surface area contributed by atoms with Gasteiger partial charge in [0.15, 0.2) is 12.1 Å². The monoisotopic (exact) mass is 283 g/mol. The molecule has 6 nitrogen and oxygen atoms in total. The van der Waals surface area contributed by atoms with Crippen molar-refractivity contribution >= 4 is 12.4 Å². The molecule has 0 aromatic heterocycles. The minimum absolute atomic E-state index is 0. The van der Waals surface area contributed by atoms with Gasteiger partial charge in [-0.2, -0.15) is 0 Å². The SMILES string of the molecule is CO[C@@H]1O[C@H](CNCCO)[C@H]2OC(C)(C)O[C@@H]12.Cl. The van der Waals surface area contributed by atoms with Gasteiger partial charge in [0, 0.05) is 20.2 Å². The third-order valence-corrected chi connectivity index (χ3v) is 2.97. The minimum atomic E-state index is -0.592. The zero-order valence-corrected chi connectivity index (χ0v) is 11.7. The normalized spacial score (nSPS) is 37.3. The summed E-state index contributed by atoms with van der Waals surface area (Å²) in [5.41, 5.74) is 0. The Kier molecular flexibility index (Phi) is 5.79. The number of hydrogen-bond donors (Lipinski definition) is 2. The van der Waals surface area contributed by atoms with E-state index in [2.05, 4.69) is 5.32 Å². The summed E-state index contributed by atoms with van der Waals surface area (Å²) in [6.45, 7) is 5.03. The molecule has 0 bridgehead atoms. The highest BCUT2D eigenvalue weighted by Crippen LogP contribution is 2.38. The number of ether oxygens (including phenoxy) is 4. The molecule has 2 fully saturated rings. The molecule has 0 aliphatic carbocycles. The van der Waals surface area contributed by atoms with E-state index in [4.69, 9.17) is 24.1 Å². The molecule has 0 radical (unpaired) electrons. The van der Waals surface area contributed by atoms with Crippen LogP contribution in [0.4, 0.5) is 0 Å². The van der Waals surface area contributed by atoms with Crippen molar-refractivity contribution < 1.29 is 24.1 Å². The first-order valence-corrected chi connectivity index (χ1v) is 5.93. The van der Waals surface area contributed by atoms with Gasteiger partial charge in [-0.25, -0.2) is 0 Å². The van der Waals surface area contributed by atoms with E-state index in [0.29, 0.717) is 13.1 Å². The molecular weight excluding hydrogens is 262 g/mol. The van der Waals surface area contributed by atoms with Gasteiger partial charge < -0.3 is 29.4 Å². The van der Waals surface area contributed by atoms with Gasteiger partial charge in [-0.05, 0) is 13.8 Å². The molecule has 0 unspecified atom stereocenters. The van der Waals surface area contributed by atoms with E-state index < -0.39 is 5.79 Å².